The van der Waals surface area contributed by atoms with Crippen LogP contribution < -0.4 is 10.6 Å². The van der Waals surface area contributed by atoms with Gasteiger partial charge >= 0.3 is 0 Å². The quantitative estimate of drug-likeness (QED) is 0.604. The fraction of sp³-hybridized carbons (Fsp3) is 0.375. The van der Waals surface area contributed by atoms with Crippen LogP contribution in [0.25, 0.3) is 0 Å². The summed E-state index contributed by atoms with van der Waals surface area (Å²) in [5, 5.41) is 4.94. The number of rotatable bonds is 4. The third-order valence-corrected chi connectivity index (χ3v) is 4.44. The van der Waals surface area contributed by atoms with E-state index in [9.17, 15) is 19.2 Å². The van der Waals surface area contributed by atoms with Crippen LogP contribution in [0.3, 0.4) is 0 Å². The second kappa shape index (κ2) is 6.60. The number of carbonyl (C=O) groups is 4. The summed E-state index contributed by atoms with van der Waals surface area (Å²) in [5.74, 6) is -1.32. The van der Waals surface area contributed by atoms with Gasteiger partial charge in [-0.05, 0) is 23.6 Å². The number of halogens is 1. The van der Waals surface area contributed by atoms with Crippen molar-refractivity contribution in [3.05, 3.63) is 34.9 Å². The molecule has 1 atom stereocenters. The van der Waals surface area contributed by atoms with E-state index < -0.39 is 11.9 Å². The lowest BCUT2D eigenvalue weighted by Gasteiger charge is -2.29. The molecule has 0 radical (unpaired) electrons. The number of fused-ring (bicyclic) bond motifs is 1. The number of nitrogens with zero attached hydrogens (tertiary/aromatic N) is 1. The molecule has 2 aliphatic heterocycles. The highest BCUT2D eigenvalue weighted by Gasteiger charge is 2.38. The first kappa shape index (κ1) is 16.4. The number of hydrogen-bond acceptors (Lipinski definition) is 4. The molecule has 0 aromatic heterocycles. The van der Waals surface area contributed by atoms with Gasteiger partial charge in [0.25, 0.3) is 5.91 Å². The van der Waals surface area contributed by atoms with Gasteiger partial charge in [0.2, 0.25) is 17.7 Å². The van der Waals surface area contributed by atoms with Crippen molar-refractivity contribution in [3.63, 3.8) is 0 Å². The van der Waals surface area contributed by atoms with Crippen LogP contribution in [0.5, 0.6) is 0 Å². The third kappa shape index (κ3) is 3.12. The summed E-state index contributed by atoms with van der Waals surface area (Å²) in [5.41, 5.74) is 2.21. The van der Waals surface area contributed by atoms with Gasteiger partial charge in [0.05, 0.1) is 0 Å². The van der Waals surface area contributed by atoms with Crippen LogP contribution in [0.15, 0.2) is 18.2 Å². The van der Waals surface area contributed by atoms with Crippen LogP contribution in [0.2, 0.25) is 0 Å². The molecule has 24 heavy (non-hydrogen) atoms. The Morgan fingerprint density at radius 2 is 2.12 bits per heavy atom. The first-order chi connectivity index (χ1) is 11.5. The lowest BCUT2D eigenvalue weighted by Crippen LogP contribution is -2.52. The fourth-order valence-electron chi connectivity index (χ4n) is 2.99. The zero-order valence-electron chi connectivity index (χ0n) is 12.8. The number of amides is 4. The SMILES string of the molecule is O=C(CCl)NCc1ccc2c(c1)CN(C1CCC(=O)NC1=O)C2=O. The van der Waals surface area contributed by atoms with Crippen molar-refractivity contribution >= 4 is 35.2 Å². The molecule has 1 saturated heterocycles. The summed E-state index contributed by atoms with van der Waals surface area (Å²) in [6.45, 7) is 0.642. The maximum atomic E-state index is 12.5. The molecule has 1 aromatic rings. The Bertz CT molecular complexity index is 734. The Morgan fingerprint density at radius 1 is 1.33 bits per heavy atom. The molecule has 0 saturated carbocycles. The van der Waals surface area contributed by atoms with E-state index in [1.165, 1.54) is 4.90 Å². The van der Waals surface area contributed by atoms with Crippen molar-refractivity contribution < 1.29 is 19.2 Å². The maximum absolute atomic E-state index is 12.5. The summed E-state index contributed by atoms with van der Waals surface area (Å²) in [7, 11) is 0. The van der Waals surface area contributed by atoms with Crippen LogP contribution in [-0.2, 0) is 27.5 Å². The summed E-state index contributed by atoms with van der Waals surface area (Å²) in [6.07, 6.45) is 0.565. The molecule has 1 unspecified atom stereocenters. The molecule has 1 fully saturated rings. The molecule has 2 aliphatic rings. The predicted octanol–water partition coefficient (Wildman–Crippen LogP) is 0.303. The molecule has 126 valence electrons. The van der Waals surface area contributed by atoms with Gasteiger partial charge in [-0.2, -0.15) is 0 Å². The topological polar surface area (TPSA) is 95.6 Å². The number of alkyl halides is 1. The van der Waals surface area contributed by atoms with Crippen molar-refractivity contribution in [2.45, 2.75) is 32.0 Å². The normalized spacial score (nSPS) is 20.0. The van der Waals surface area contributed by atoms with Crippen LogP contribution in [-0.4, -0.2) is 40.5 Å². The Morgan fingerprint density at radius 3 is 2.83 bits per heavy atom. The molecule has 0 bridgehead atoms. The average Bonchev–Trinajstić information content (AvgIpc) is 2.89. The molecular formula is C16H16ClN3O4. The molecule has 8 heteroatoms. The van der Waals surface area contributed by atoms with Crippen LogP contribution >= 0.6 is 11.6 Å². The molecular weight excluding hydrogens is 334 g/mol. The monoisotopic (exact) mass is 349 g/mol. The van der Waals surface area contributed by atoms with Crippen LogP contribution in [0, 0.1) is 0 Å². The maximum Gasteiger partial charge on any atom is 0.255 e. The van der Waals surface area contributed by atoms with Crippen LogP contribution in [0.1, 0.15) is 34.3 Å². The summed E-state index contributed by atoms with van der Waals surface area (Å²) >= 11 is 5.44. The van der Waals surface area contributed by atoms with Gasteiger partial charge < -0.3 is 10.2 Å². The lowest BCUT2D eigenvalue weighted by molar-refractivity contribution is -0.137. The number of piperidine rings is 1. The van der Waals surface area contributed by atoms with E-state index in [4.69, 9.17) is 11.6 Å². The highest BCUT2D eigenvalue weighted by Crippen LogP contribution is 2.28. The van der Waals surface area contributed by atoms with Gasteiger partial charge in [-0.15, -0.1) is 11.6 Å². The minimum atomic E-state index is -0.623. The molecule has 3 rings (SSSR count). The van der Waals surface area contributed by atoms with E-state index in [1.807, 2.05) is 6.07 Å². The molecule has 2 N–H and O–H groups in total. The highest BCUT2D eigenvalue weighted by molar-refractivity contribution is 6.27. The first-order valence-corrected chi connectivity index (χ1v) is 8.12. The largest absolute Gasteiger partial charge is 0.351 e. The number of carbonyl (C=O) groups excluding carboxylic acids is 4. The van der Waals surface area contributed by atoms with Crippen molar-refractivity contribution in [1.29, 1.82) is 0 Å². The number of benzene rings is 1. The van der Waals surface area contributed by atoms with Crippen LogP contribution in [0.4, 0.5) is 0 Å². The second-order valence-electron chi connectivity index (χ2n) is 5.80. The Kier molecular flexibility index (Phi) is 4.53. The molecule has 0 aliphatic carbocycles. The van der Waals surface area contributed by atoms with E-state index in [2.05, 4.69) is 10.6 Å². The van der Waals surface area contributed by atoms with Crippen molar-refractivity contribution in [2.24, 2.45) is 0 Å². The number of nitrogens with one attached hydrogen (secondary N) is 2. The highest BCUT2D eigenvalue weighted by atomic mass is 35.5. The Labute approximate surface area is 143 Å². The van der Waals surface area contributed by atoms with Gasteiger partial charge in [-0.25, -0.2) is 0 Å². The van der Waals surface area contributed by atoms with Crippen molar-refractivity contribution in [1.82, 2.24) is 15.5 Å². The molecule has 7 nitrogen and oxygen atoms in total. The standard InChI is InChI=1S/C16H16ClN3O4/c17-6-14(22)18-7-9-1-2-11-10(5-9)8-20(16(11)24)12-3-4-13(21)19-15(12)23/h1-2,5,12H,3-4,6-8H2,(H,18,22)(H,19,21,23). The summed E-state index contributed by atoms with van der Waals surface area (Å²) < 4.78 is 0. The number of hydrogen-bond donors (Lipinski definition) is 2. The Balaban J connectivity index is 1.74. The summed E-state index contributed by atoms with van der Waals surface area (Å²) in [4.78, 5) is 48.5. The lowest BCUT2D eigenvalue weighted by atomic mass is 10.0. The van der Waals surface area contributed by atoms with E-state index in [1.54, 1.807) is 12.1 Å². The minimum absolute atomic E-state index is 0.104. The number of imide groups is 1. The average molecular weight is 350 g/mol. The zero-order chi connectivity index (χ0) is 17.3. The van der Waals surface area contributed by atoms with E-state index in [-0.39, 0.29) is 30.0 Å². The molecule has 2 heterocycles. The van der Waals surface area contributed by atoms with Gasteiger partial charge in [0, 0.05) is 25.1 Å². The van der Waals surface area contributed by atoms with Crippen molar-refractivity contribution in [3.8, 4) is 0 Å². The van der Waals surface area contributed by atoms with E-state index >= 15 is 0 Å². The van der Waals surface area contributed by atoms with Gasteiger partial charge in [-0.1, -0.05) is 12.1 Å². The smallest absolute Gasteiger partial charge is 0.255 e. The van der Waals surface area contributed by atoms with Gasteiger partial charge in [0.1, 0.15) is 11.9 Å². The zero-order valence-corrected chi connectivity index (χ0v) is 13.6. The van der Waals surface area contributed by atoms with E-state index in [0.717, 1.165) is 11.1 Å². The first-order valence-electron chi connectivity index (χ1n) is 7.58. The molecule has 4 amide bonds. The fourth-order valence-corrected chi connectivity index (χ4v) is 3.08. The van der Waals surface area contributed by atoms with Gasteiger partial charge in [0.15, 0.2) is 0 Å². The molecule has 1 aromatic carbocycles. The van der Waals surface area contributed by atoms with E-state index in [0.29, 0.717) is 25.1 Å². The van der Waals surface area contributed by atoms with Crippen molar-refractivity contribution in [2.75, 3.05) is 5.88 Å². The minimum Gasteiger partial charge on any atom is -0.351 e. The predicted molar refractivity (Wildman–Crippen MR) is 85.1 cm³/mol. The summed E-state index contributed by atoms with van der Waals surface area (Å²) in [6, 6.07) is 4.68. The third-order valence-electron chi connectivity index (χ3n) is 4.20. The second-order valence-corrected chi connectivity index (χ2v) is 6.07. The van der Waals surface area contributed by atoms with Gasteiger partial charge in [-0.3, -0.25) is 24.5 Å². The Hall–Kier alpha value is -2.41. The molecule has 0 spiro atoms.